The molecule has 2 aromatic rings. The maximum Gasteiger partial charge on any atom is 0.425 e. The lowest BCUT2D eigenvalue weighted by molar-refractivity contribution is -0.179. The average Bonchev–Trinajstić information content (AvgIpc) is 3.05. The number of carbonyl (C=O) groups excluding carboxylic acids is 2. The standard InChI is InChI=1S/C16H14F3N3O3S/c1-3-25-12(23)11-8(2)20-13(24)15(11,16(17,18)19)22-14-21-9-6-4-5-7-10(9)26-14/h4-7H,3H2,1-2H3,(H,20,24)(H,21,22)/t15-/m0/s1. The van der Waals surface area contributed by atoms with Crippen LogP contribution < -0.4 is 10.6 Å². The molecular weight excluding hydrogens is 371 g/mol. The molecule has 1 aromatic carbocycles. The van der Waals surface area contributed by atoms with Crippen LogP contribution in [0.4, 0.5) is 18.3 Å². The lowest BCUT2D eigenvalue weighted by atomic mass is 9.89. The molecule has 3 rings (SSSR count). The minimum atomic E-state index is -5.10. The number of aromatic nitrogens is 1. The van der Waals surface area contributed by atoms with Gasteiger partial charge in [0.2, 0.25) is 5.54 Å². The third-order valence-electron chi connectivity index (χ3n) is 3.88. The summed E-state index contributed by atoms with van der Waals surface area (Å²) in [5, 5.41) is 4.13. The smallest absolute Gasteiger partial charge is 0.425 e. The van der Waals surface area contributed by atoms with Gasteiger partial charge in [-0.1, -0.05) is 23.5 Å². The fourth-order valence-corrected chi connectivity index (χ4v) is 3.70. The monoisotopic (exact) mass is 385 g/mol. The van der Waals surface area contributed by atoms with E-state index in [0.29, 0.717) is 10.2 Å². The molecule has 1 aromatic heterocycles. The van der Waals surface area contributed by atoms with Crippen LogP contribution >= 0.6 is 11.3 Å². The number of anilines is 1. The Balaban J connectivity index is 2.14. The van der Waals surface area contributed by atoms with E-state index in [4.69, 9.17) is 4.74 Å². The van der Waals surface area contributed by atoms with Crippen molar-refractivity contribution in [1.29, 1.82) is 0 Å². The van der Waals surface area contributed by atoms with Crippen molar-refractivity contribution in [2.45, 2.75) is 25.6 Å². The zero-order valence-electron chi connectivity index (χ0n) is 13.7. The topological polar surface area (TPSA) is 80.3 Å². The number of halogens is 3. The Kier molecular flexibility index (Phi) is 4.39. The van der Waals surface area contributed by atoms with Gasteiger partial charge in [0.1, 0.15) is 5.57 Å². The number of alkyl halides is 3. The molecule has 0 saturated heterocycles. The van der Waals surface area contributed by atoms with Crippen LogP contribution in [-0.4, -0.2) is 35.2 Å². The number of ether oxygens (including phenoxy) is 1. The summed E-state index contributed by atoms with van der Waals surface area (Å²) in [6.07, 6.45) is -5.10. The lowest BCUT2D eigenvalue weighted by Gasteiger charge is -2.31. The molecule has 2 N–H and O–H groups in total. The number of thiazole rings is 1. The quantitative estimate of drug-likeness (QED) is 0.791. The Morgan fingerprint density at radius 3 is 2.69 bits per heavy atom. The predicted octanol–water partition coefficient (Wildman–Crippen LogP) is 2.98. The largest absolute Gasteiger partial charge is 0.462 e. The first-order valence-electron chi connectivity index (χ1n) is 7.61. The third-order valence-corrected chi connectivity index (χ3v) is 4.84. The second kappa shape index (κ2) is 6.27. The van der Waals surface area contributed by atoms with Gasteiger partial charge >= 0.3 is 12.1 Å². The number of benzene rings is 1. The molecule has 1 aliphatic rings. The summed E-state index contributed by atoms with van der Waals surface area (Å²) in [6, 6.07) is 6.75. The van der Waals surface area contributed by atoms with E-state index >= 15 is 0 Å². The Hall–Kier alpha value is -2.62. The molecule has 1 amide bonds. The van der Waals surface area contributed by atoms with Crippen LogP contribution in [0.25, 0.3) is 10.2 Å². The van der Waals surface area contributed by atoms with Gasteiger partial charge in [-0.25, -0.2) is 9.78 Å². The van der Waals surface area contributed by atoms with E-state index in [-0.39, 0.29) is 17.4 Å². The van der Waals surface area contributed by atoms with Gasteiger partial charge in [-0.15, -0.1) is 0 Å². The van der Waals surface area contributed by atoms with Gasteiger partial charge < -0.3 is 15.4 Å². The zero-order valence-corrected chi connectivity index (χ0v) is 14.5. The van der Waals surface area contributed by atoms with E-state index in [1.54, 1.807) is 24.3 Å². The summed E-state index contributed by atoms with van der Waals surface area (Å²) < 4.78 is 47.5. The number of hydrogen-bond donors (Lipinski definition) is 2. The van der Waals surface area contributed by atoms with Gasteiger partial charge in [0, 0.05) is 5.70 Å². The van der Waals surface area contributed by atoms with Gasteiger partial charge in [0.25, 0.3) is 5.91 Å². The van der Waals surface area contributed by atoms with Gasteiger partial charge in [-0.3, -0.25) is 4.79 Å². The molecule has 2 heterocycles. The summed E-state index contributed by atoms with van der Waals surface area (Å²) in [6.45, 7) is 2.56. The summed E-state index contributed by atoms with van der Waals surface area (Å²) in [4.78, 5) is 28.6. The molecule has 26 heavy (non-hydrogen) atoms. The van der Waals surface area contributed by atoms with Crippen molar-refractivity contribution < 1.29 is 27.5 Å². The maximum absolute atomic E-state index is 14.0. The predicted molar refractivity (Wildman–Crippen MR) is 89.5 cm³/mol. The van der Waals surface area contributed by atoms with E-state index in [2.05, 4.69) is 15.6 Å². The normalized spacial score (nSPS) is 20.4. The van der Waals surface area contributed by atoms with E-state index in [0.717, 1.165) is 11.3 Å². The van der Waals surface area contributed by atoms with Gasteiger partial charge in [0.05, 0.1) is 16.8 Å². The SMILES string of the molecule is CCOC(=O)C1=C(C)NC(=O)[C@]1(Nc1nc2ccccc2s1)C(F)(F)F. The van der Waals surface area contributed by atoms with Crippen LogP contribution in [-0.2, 0) is 14.3 Å². The van der Waals surface area contributed by atoms with E-state index in [1.165, 1.54) is 13.8 Å². The van der Waals surface area contributed by atoms with Gasteiger partial charge in [-0.2, -0.15) is 13.2 Å². The molecule has 0 fully saturated rings. The van der Waals surface area contributed by atoms with Crippen LogP contribution in [0.5, 0.6) is 0 Å². The Morgan fingerprint density at radius 2 is 2.08 bits per heavy atom. The number of rotatable bonds is 4. The van der Waals surface area contributed by atoms with Crippen molar-refractivity contribution in [1.82, 2.24) is 10.3 Å². The molecule has 0 bridgehead atoms. The molecule has 0 saturated carbocycles. The van der Waals surface area contributed by atoms with Crippen molar-refractivity contribution in [3.63, 3.8) is 0 Å². The highest BCUT2D eigenvalue weighted by Crippen LogP contribution is 2.44. The highest BCUT2D eigenvalue weighted by molar-refractivity contribution is 7.22. The Morgan fingerprint density at radius 1 is 1.38 bits per heavy atom. The highest BCUT2D eigenvalue weighted by Gasteiger charge is 2.68. The van der Waals surface area contributed by atoms with E-state index in [1.807, 2.05) is 0 Å². The van der Waals surface area contributed by atoms with Gasteiger partial charge in [-0.05, 0) is 26.0 Å². The minimum Gasteiger partial charge on any atom is -0.462 e. The van der Waals surface area contributed by atoms with Crippen molar-refractivity contribution >= 4 is 38.6 Å². The number of nitrogens with one attached hydrogen (secondary N) is 2. The number of fused-ring (bicyclic) bond motifs is 1. The second-order valence-electron chi connectivity index (χ2n) is 5.53. The van der Waals surface area contributed by atoms with Crippen molar-refractivity contribution in [2.24, 2.45) is 0 Å². The van der Waals surface area contributed by atoms with Crippen molar-refractivity contribution in [2.75, 3.05) is 11.9 Å². The first-order valence-corrected chi connectivity index (χ1v) is 8.42. The fourth-order valence-electron chi connectivity index (χ4n) is 2.78. The Labute approximate surface area is 150 Å². The van der Waals surface area contributed by atoms with Crippen LogP contribution in [0.1, 0.15) is 13.8 Å². The fraction of sp³-hybridized carbons (Fsp3) is 0.312. The highest BCUT2D eigenvalue weighted by atomic mass is 32.1. The average molecular weight is 385 g/mol. The number of esters is 1. The first-order chi connectivity index (χ1) is 12.2. The first kappa shape index (κ1) is 18.2. The van der Waals surface area contributed by atoms with Crippen LogP contribution in [0, 0.1) is 0 Å². The molecule has 1 aliphatic heterocycles. The molecule has 138 valence electrons. The molecule has 0 aliphatic carbocycles. The van der Waals surface area contributed by atoms with Gasteiger partial charge in [0.15, 0.2) is 5.13 Å². The van der Waals surface area contributed by atoms with Crippen molar-refractivity contribution in [3.8, 4) is 0 Å². The Bertz CT molecular complexity index is 889. The molecule has 6 nitrogen and oxygen atoms in total. The molecule has 0 unspecified atom stereocenters. The summed E-state index contributed by atoms with van der Waals surface area (Å²) in [5.41, 5.74) is -3.80. The van der Waals surface area contributed by atoms with Crippen LogP contribution in [0.3, 0.4) is 0 Å². The van der Waals surface area contributed by atoms with Crippen LogP contribution in [0.15, 0.2) is 35.5 Å². The molecule has 10 heteroatoms. The molecule has 0 spiro atoms. The number of carbonyl (C=O) groups is 2. The molecular formula is C16H14F3N3O3S. The molecule has 1 atom stereocenters. The summed E-state index contributed by atoms with van der Waals surface area (Å²) >= 11 is 0.952. The number of para-hydroxylation sites is 1. The van der Waals surface area contributed by atoms with Crippen LogP contribution in [0.2, 0.25) is 0 Å². The number of nitrogens with zero attached hydrogens (tertiary/aromatic N) is 1. The lowest BCUT2D eigenvalue weighted by Crippen LogP contribution is -2.60. The third kappa shape index (κ3) is 2.70. The minimum absolute atomic E-state index is 0.126. The van der Waals surface area contributed by atoms with E-state index < -0.39 is 29.2 Å². The zero-order chi connectivity index (χ0) is 19.1. The maximum atomic E-state index is 14.0. The second-order valence-corrected chi connectivity index (χ2v) is 6.56. The van der Waals surface area contributed by atoms with Crippen molar-refractivity contribution in [3.05, 3.63) is 35.5 Å². The summed E-state index contributed by atoms with van der Waals surface area (Å²) in [5.74, 6) is -2.61. The molecule has 0 radical (unpaired) electrons. The number of allylic oxidation sites excluding steroid dienone is 1. The number of hydrogen-bond acceptors (Lipinski definition) is 6. The summed E-state index contributed by atoms with van der Waals surface area (Å²) in [7, 11) is 0. The number of amides is 1. The van der Waals surface area contributed by atoms with E-state index in [9.17, 15) is 22.8 Å².